The van der Waals surface area contributed by atoms with Crippen LogP contribution in [0.4, 0.5) is 0 Å². The first-order valence-electron chi connectivity index (χ1n) is 4.05. The third-order valence-corrected chi connectivity index (χ3v) is 3.15. The highest BCUT2D eigenvalue weighted by Crippen LogP contribution is 2.35. The molecule has 0 heterocycles. The molecular weight excluding hydrogens is 349 g/mol. The average Bonchev–Trinajstić information content (AvgIpc) is 2.12. The van der Waals surface area contributed by atoms with Gasteiger partial charge in [0.25, 0.3) is 0 Å². The third kappa shape index (κ3) is 3.60. The van der Waals surface area contributed by atoms with Crippen LogP contribution in [0.15, 0.2) is 21.1 Å². The van der Waals surface area contributed by atoms with E-state index >= 15 is 0 Å². The molecular formula is C9H12Br2ClNO2. The van der Waals surface area contributed by atoms with E-state index in [0.717, 1.165) is 5.56 Å². The van der Waals surface area contributed by atoms with Crippen LogP contribution in [0.3, 0.4) is 0 Å². The Hall–Kier alpha value is 0.190. The quantitative estimate of drug-likeness (QED) is 0.759. The van der Waals surface area contributed by atoms with Crippen molar-refractivity contribution in [1.29, 1.82) is 0 Å². The topological polar surface area (TPSA) is 66.5 Å². The molecule has 4 N–H and O–H groups in total. The van der Waals surface area contributed by atoms with Gasteiger partial charge in [-0.2, -0.15) is 0 Å². The molecule has 86 valence electrons. The summed E-state index contributed by atoms with van der Waals surface area (Å²) in [6, 6.07) is 2.93. The largest absolute Gasteiger partial charge is 0.506 e. The summed E-state index contributed by atoms with van der Waals surface area (Å²) in [7, 11) is 0. The maximum Gasteiger partial charge on any atom is 0.143 e. The monoisotopic (exact) mass is 359 g/mol. The number of phenolic OH excluding ortho intramolecular Hbond substituents is 1. The van der Waals surface area contributed by atoms with Crippen molar-refractivity contribution in [2.24, 2.45) is 5.73 Å². The molecule has 15 heavy (non-hydrogen) atoms. The van der Waals surface area contributed by atoms with Crippen molar-refractivity contribution in [1.82, 2.24) is 0 Å². The molecule has 0 aliphatic rings. The molecule has 0 unspecified atom stereocenters. The molecule has 6 heteroatoms. The Kier molecular flexibility index (Phi) is 6.13. The summed E-state index contributed by atoms with van der Waals surface area (Å²) in [5, 5.41) is 18.8. The zero-order valence-corrected chi connectivity index (χ0v) is 11.9. The molecule has 0 spiro atoms. The van der Waals surface area contributed by atoms with Gasteiger partial charge < -0.3 is 15.9 Å². The standard InChI is InChI=1S/C9H11Br2NO2.ClH/c1-4(13)8(12)5-2-6(10)9(14)7(11)3-5;/h2-4,8,13-14H,12H2,1H3;1H/t4-,8-;/m1./s1. The number of benzene rings is 1. The van der Waals surface area contributed by atoms with E-state index in [1.54, 1.807) is 19.1 Å². The number of aliphatic hydroxyl groups excluding tert-OH is 1. The van der Waals surface area contributed by atoms with Crippen LogP contribution in [0.5, 0.6) is 5.75 Å². The molecule has 0 bridgehead atoms. The Labute approximate surface area is 111 Å². The average molecular weight is 361 g/mol. The summed E-state index contributed by atoms with van der Waals surface area (Å²) in [5.74, 6) is 0.131. The van der Waals surface area contributed by atoms with Crippen molar-refractivity contribution in [3.63, 3.8) is 0 Å². The van der Waals surface area contributed by atoms with E-state index in [1.165, 1.54) is 0 Å². The van der Waals surface area contributed by atoms with E-state index in [9.17, 15) is 10.2 Å². The van der Waals surface area contributed by atoms with Crippen molar-refractivity contribution in [3.8, 4) is 5.75 Å². The molecule has 1 aromatic rings. The number of halogens is 3. The minimum atomic E-state index is -0.627. The fourth-order valence-corrected chi connectivity index (χ4v) is 2.28. The van der Waals surface area contributed by atoms with Crippen LogP contribution in [-0.4, -0.2) is 16.3 Å². The summed E-state index contributed by atoms with van der Waals surface area (Å²) in [5.41, 5.74) is 6.51. The van der Waals surface area contributed by atoms with E-state index in [-0.39, 0.29) is 18.2 Å². The van der Waals surface area contributed by atoms with Crippen molar-refractivity contribution in [2.45, 2.75) is 19.1 Å². The van der Waals surface area contributed by atoms with Gasteiger partial charge >= 0.3 is 0 Å². The molecule has 0 aliphatic heterocycles. The van der Waals surface area contributed by atoms with Gasteiger partial charge in [-0.1, -0.05) is 0 Å². The molecule has 2 atom stereocenters. The van der Waals surface area contributed by atoms with Crippen LogP contribution in [0.25, 0.3) is 0 Å². The molecule has 1 aromatic carbocycles. The summed E-state index contributed by atoms with van der Waals surface area (Å²) in [6.45, 7) is 1.62. The van der Waals surface area contributed by atoms with Gasteiger partial charge in [0.15, 0.2) is 0 Å². The van der Waals surface area contributed by atoms with Gasteiger partial charge in [-0.05, 0) is 56.5 Å². The molecule has 1 rings (SSSR count). The van der Waals surface area contributed by atoms with Crippen molar-refractivity contribution >= 4 is 44.3 Å². The number of phenols is 1. The fraction of sp³-hybridized carbons (Fsp3) is 0.333. The Morgan fingerprint density at radius 1 is 1.27 bits per heavy atom. The van der Waals surface area contributed by atoms with Gasteiger partial charge in [-0.3, -0.25) is 0 Å². The minimum Gasteiger partial charge on any atom is -0.506 e. The highest BCUT2D eigenvalue weighted by atomic mass is 79.9. The lowest BCUT2D eigenvalue weighted by Gasteiger charge is -2.16. The number of nitrogens with two attached hydrogens (primary N) is 1. The van der Waals surface area contributed by atoms with Crippen molar-refractivity contribution in [2.75, 3.05) is 0 Å². The van der Waals surface area contributed by atoms with Crippen LogP contribution < -0.4 is 5.73 Å². The van der Waals surface area contributed by atoms with Crippen LogP contribution in [-0.2, 0) is 0 Å². The second-order valence-corrected chi connectivity index (χ2v) is 4.81. The summed E-state index contributed by atoms with van der Waals surface area (Å²) < 4.78 is 1.11. The zero-order chi connectivity index (χ0) is 10.9. The Balaban J connectivity index is 0.00000196. The maximum atomic E-state index is 9.45. The van der Waals surface area contributed by atoms with Gasteiger partial charge in [0.1, 0.15) is 5.75 Å². The van der Waals surface area contributed by atoms with E-state index < -0.39 is 12.1 Å². The molecule has 0 fully saturated rings. The number of aliphatic hydroxyl groups is 1. The molecule has 0 saturated heterocycles. The van der Waals surface area contributed by atoms with E-state index in [0.29, 0.717) is 8.95 Å². The van der Waals surface area contributed by atoms with E-state index in [2.05, 4.69) is 31.9 Å². The molecule has 0 aliphatic carbocycles. The van der Waals surface area contributed by atoms with Crippen molar-refractivity contribution in [3.05, 3.63) is 26.6 Å². The molecule has 3 nitrogen and oxygen atoms in total. The maximum absolute atomic E-state index is 9.45. The van der Waals surface area contributed by atoms with Crippen molar-refractivity contribution < 1.29 is 10.2 Å². The van der Waals surface area contributed by atoms with Crippen LogP contribution >= 0.6 is 44.3 Å². The predicted octanol–water partition coefficient (Wildman–Crippen LogP) is 2.72. The number of aromatic hydroxyl groups is 1. The lowest BCUT2D eigenvalue weighted by atomic mass is 10.0. The first-order valence-corrected chi connectivity index (χ1v) is 5.63. The number of hydrogen-bond donors (Lipinski definition) is 3. The zero-order valence-electron chi connectivity index (χ0n) is 7.95. The smallest absolute Gasteiger partial charge is 0.143 e. The lowest BCUT2D eigenvalue weighted by Crippen LogP contribution is -2.23. The molecule has 0 aromatic heterocycles. The predicted molar refractivity (Wildman–Crippen MR) is 69.4 cm³/mol. The molecule has 0 radical (unpaired) electrons. The third-order valence-electron chi connectivity index (χ3n) is 1.94. The molecule has 0 saturated carbocycles. The van der Waals surface area contributed by atoms with E-state index in [1.807, 2.05) is 0 Å². The number of rotatable bonds is 2. The van der Waals surface area contributed by atoms with Crippen LogP contribution in [0, 0.1) is 0 Å². The molecule has 0 amide bonds. The van der Waals surface area contributed by atoms with Gasteiger partial charge in [-0.25, -0.2) is 0 Å². The highest BCUT2D eigenvalue weighted by Gasteiger charge is 2.15. The van der Waals surface area contributed by atoms with Gasteiger partial charge in [-0.15, -0.1) is 12.4 Å². The minimum absolute atomic E-state index is 0. The normalized spacial score (nSPS) is 14.2. The first-order chi connectivity index (χ1) is 6.43. The van der Waals surface area contributed by atoms with Gasteiger partial charge in [0, 0.05) is 0 Å². The van der Waals surface area contributed by atoms with Gasteiger partial charge in [0.2, 0.25) is 0 Å². The Morgan fingerprint density at radius 2 is 1.67 bits per heavy atom. The SMILES string of the molecule is C[C@@H](O)[C@@H](N)c1cc(Br)c(O)c(Br)c1.Cl. The summed E-state index contributed by atoms with van der Waals surface area (Å²) in [6.07, 6.45) is -0.627. The Bertz CT molecular complexity index is 324. The fourth-order valence-electron chi connectivity index (χ4n) is 1.06. The second-order valence-electron chi connectivity index (χ2n) is 3.10. The number of hydrogen-bond acceptors (Lipinski definition) is 3. The second kappa shape index (κ2) is 6.06. The lowest BCUT2D eigenvalue weighted by molar-refractivity contribution is 0.164. The first kappa shape index (κ1) is 15.2. The summed E-state index contributed by atoms with van der Waals surface area (Å²) >= 11 is 6.39. The van der Waals surface area contributed by atoms with Gasteiger partial charge in [0.05, 0.1) is 21.1 Å². The Morgan fingerprint density at radius 3 is 2.00 bits per heavy atom. The highest BCUT2D eigenvalue weighted by molar-refractivity contribution is 9.11. The van der Waals surface area contributed by atoms with E-state index in [4.69, 9.17) is 5.73 Å². The van der Waals surface area contributed by atoms with Crippen LogP contribution in [0.1, 0.15) is 18.5 Å². The van der Waals surface area contributed by atoms with Crippen LogP contribution in [0.2, 0.25) is 0 Å². The summed E-state index contributed by atoms with van der Waals surface area (Å²) in [4.78, 5) is 0.